The van der Waals surface area contributed by atoms with Gasteiger partial charge in [0.2, 0.25) is 0 Å². The molecule has 0 N–H and O–H groups in total. The van der Waals surface area contributed by atoms with Gasteiger partial charge in [0.1, 0.15) is 0 Å². The number of hydrogen-bond donors (Lipinski definition) is 0. The number of halogens is 1. The molecule has 0 saturated heterocycles. The van der Waals surface area contributed by atoms with Crippen molar-refractivity contribution in [1.29, 1.82) is 0 Å². The summed E-state index contributed by atoms with van der Waals surface area (Å²) in [5.74, 6) is 0. The molecule has 1 nitrogen and oxygen atoms in total. The predicted octanol–water partition coefficient (Wildman–Crippen LogP) is 6.34. The maximum atomic E-state index is 6.03. The Kier molecular flexibility index (Phi) is 5.65. The van der Waals surface area contributed by atoms with E-state index in [0.29, 0.717) is 0 Å². The summed E-state index contributed by atoms with van der Waals surface area (Å²) in [5, 5.41) is 0.801. The third-order valence-corrected chi connectivity index (χ3v) is 4.93. The van der Waals surface area contributed by atoms with Crippen LogP contribution in [0.25, 0.3) is 0 Å². The minimum Gasteiger partial charge on any atom is -0.378 e. The van der Waals surface area contributed by atoms with E-state index in [9.17, 15) is 0 Å². The molecule has 0 aliphatic heterocycles. The maximum absolute atomic E-state index is 6.03. The van der Waals surface area contributed by atoms with Gasteiger partial charge in [-0.1, -0.05) is 63.6 Å². The van der Waals surface area contributed by atoms with E-state index in [2.05, 4.69) is 83.1 Å². The Hall–Kier alpha value is -1.47. The van der Waals surface area contributed by atoms with Crippen LogP contribution in [0, 0.1) is 5.41 Å². The molecule has 0 fully saturated rings. The Morgan fingerprint density at radius 1 is 0.833 bits per heavy atom. The lowest BCUT2D eigenvalue weighted by molar-refractivity contribution is 0.255. The van der Waals surface area contributed by atoms with Gasteiger partial charge in [-0.05, 0) is 59.1 Å². The molecule has 0 unspecified atom stereocenters. The lowest BCUT2D eigenvalue weighted by Crippen LogP contribution is -2.28. The molecule has 24 heavy (non-hydrogen) atoms. The molecule has 2 heteroatoms. The van der Waals surface area contributed by atoms with E-state index < -0.39 is 0 Å². The zero-order chi connectivity index (χ0) is 18.0. The number of benzene rings is 2. The van der Waals surface area contributed by atoms with Crippen LogP contribution in [0.3, 0.4) is 0 Å². The van der Waals surface area contributed by atoms with E-state index in [1.165, 1.54) is 16.8 Å². The van der Waals surface area contributed by atoms with E-state index in [-0.39, 0.29) is 10.8 Å². The lowest BCUT2D eigenvalue weighted by atomic mass is 9.69. The van der Waals surface area contributed by atoms with Crippen LogP contribution in [-0.4, -0.2) is 14.1 Å². The Morgan fingerprint density at radius 3 is 1.88 bits per heavy atom. The zero-order valence-electron chi connectivity index (χ0n) is 15.9. The number of rotatable bonds is 6. The third kappa shape index (κ3) is 5.01. The average Bonchev–Trinajstić information content (AvgIpc) is 2.46. The van der Waals surface area contributed by atoms with Gasteiger partial charge < -0.3 is 4.90 Å². The summed E-state index contributed by atoms with van der Waals surface area (Å²) < 4.78 is 0. The van der Waals surface area contributed by atoms with Crippen molar-refractivity contribution in [1.82, 2.24) is 0 Å². The van der Waals surface area contributed by atoms with E-state index in [0.717, 1.165) is 17.9 Å². The monoisotopic (exact) mass is 343 g/mol. The van der Waals surface area contributed by atoms with Gasteiger partial charge >= 0.3 is 0 Å². The number of nitrogens with zero attached hydrogens (tertiary/aromatic N) is 1. The van der Waals surface area contributed by atoms with Gasteiger partial charge in [-0.2, -0.15) is 0 Å². The normalized spacial score (nSPS) is 12.3. The van der Waals surface area contributed by atoms with Gasteiger partial charge in [0.25, 0.3) is 0 Å². The first-order valence-electron chi connectivity index (χ1n) is 8.61. The number of hydrogen-bond acceptors (Lipinski definition) is 1. The predicted molar refractivity (Wildman–Crippen MR) is 107 cm³/mol. The Labute approximate surface area is 152 Å². The fraction of sp³-hybridized carbons (Fsp3) is 0.455. The second-order valence-corrected chi connectivity index (χ2v) is 8.91. The van der Waals surface area contributed by atoms with Crippen molar-refractivity contribution in [2.24, 2.45) is 5.41 Å². The molecule has 2 aromatic carbocycles. The van der Waals surface area contributed by atoms with E-state index in [1.54, 1.807) is 0 Å². The Balaban J connectivity index is 2.10. The summed E-state index contributed by atoms with van der Waals surface area (Å²) in [6.45, 7) is 9.38. The van der Waals surface area contributed by atoms with E-state index in [4.69, 9.17) is 11.6 Å². The van der Waals surface area contributed by atoms with Gasteiger partial charge in [0.05, 0.1) is 0 Å². The van der Waals surface area contributed by atoms with E-state index >= 15 is 0 Å². The quantitative estimate of drug-likeness (QED) is 0.591. The van der Waals surface area contributed by atoms with Crippen LogP contribution in [0.15, 0.2) is 48.5 Å². The summed E-state index contributed by atoms with van der Waals surface area (Å²) in [6.07, 6.45) is 2.20. The smallest absolute Gasteiger partial charge is 0.0406 e. The van der Waals surface area contributed by atoms with Gasteiger partial charge in [0.15, 0.2) is 0 Å². The van der Waals surface area contributed by atoms with Crippen molar-refractivity contribution < 1.29 is 0 Å². The van der Waals surface area contributed by atoms with E-state index in [1.807, 2.05) is 12.1 Å². The first kappa shape index (κ1) is 18.9. The molecular weight excluding hydrogens is 314 g/mol. The Morgan fingerprint density at radius 2 is 1.38 bits per heavy atom. The molecular formula is C22H30ClN. The summed E-state index contributed by atoms with van der Waals surface area (Å²) in [6, 6.07) is 17.2. The maximum Gasteiger partial charge on any atom is 0.0406 e. The summed E-state index contributed by atoms with van der Waals surface area (Å²) >= 11 is 6.03. The van der Waals surface area contributed by atoms with Crippen LogP contribution in [0.4, 0.5) is 5.69 Å². The van der Waals surface area contributed by atoms with Crippen LogP contribution in [0.5, 0.6) is 0 Å². The minimum atomic E-state index is 0.123. The molecule has 0 aliphatic carbocycles. The first-order chi connectivity index (χ1) is 11.1. The molecule has 2 rings (SSSR count). The summed E-state index contributed by atoms with van der Waals surface area (Å²) in [7, 11) is 4.15. The van der Waals surface area contributed by atoms with Crippen molar-refractivity contribution in [3.8, 4) is 0 Å². The molecule has 2 aromatic rings. The fourth-order valence-electron chi connectivity index (χ4n) is 3.73. The molecule has 0 bridgehead atoms. The van der Waals surface area contributed by atoms with Crippen molar-refractivity contribution in [3.05, 3.63) is 64.7 Å². The Bertz CT molecular complexity index is 651. The standard InChI is InChI=1S/C22H30ClN/c1-21(2,15-17-7-13-20(14-8-17)24(5)6)16-22(3,4)18-9-11-19(23)12-10-18/h7-14H,15-16H2,1-6H3. The van der Waals surface area contributed by atoms with Crippen molar-refractivity contribution in [2.75, 3.05) is 19.0 Å². The van der Waals surface area contributed by atoms with Crippen LogP contribution in [0.2, 0.25) is 5.02 Å². The second kappa shape index (κ2) is 7.19. The van der Waals surface area contributed by atoms with Crippen molar-refractivity contribution >= 4 is 17.3 Å². The van der Waals surface area contributed by atoms with Gasteiger partial charge in [-0.3, -0.25) is 0 Å². The topological polar surface area (TPSA) is 3.24 Å². The molecule has 0 spiro atoms. The molecule has 0 amide bonds. The molecule has 0 heterocycles. The highest BCUT2D eigenvalue weighted by atomic mass is 35.5. The molecule has 0 aromatic heterocycles. The van der Waals surface area contributed by atoms with Gasteiger partial charge in [0, 0.05) is 24.8 Å². The minimum absolute atomic E-state index is 0.123. The van der Waals surface area contributed by atoms with Crippen LogP contribution < -0.4 is 4.90 Å². The largest absolute Gasteiger partial charge is 0.378 e. The van der Waals surface area contributed by atoms with Crippen LogP contribution in [0.1, 0.15) is 45.2 Å². The third-order valence-electron chi connectivity index (χ3n) is 4.68. The summed E-state index contributed by atoms with van der Waals surface area (Å²) in [5.41, 5.74) is 4.35. The molecule has 0 saturated carbocycles. The highest BCUT2D eigenvalue weighted by Crippen LogP contribution is 2.39. The van der Waals surface area contributed by atoms with Crippen LogP contribution in [-0.2, 0) is 11.8 Å². The highest BCUT2D eigenvalue weighted by molar-refractivity contribution is 6.30. The molecule has 0 atom stereocenters. The highest BCUT2D eigenvalue weighted by Gasteiger charge is 2.30. The molecule has 0 radical (unpaired) electrons. The average molecular weight is 344 g/mol. The van der Waals surface area contributed by atoms with Crippen molar-refractivity contribution in [2.45, 2.75) is 46.0 Å². The zero-order valence-corrected chi connectivity index (χ0v) is 16.6. The lowest BCUT2D eigenvalue weighted by Gasteiger charge is -2.36. The van der Waals surface area contributed by atoms with Crippen molar-refractivity contribution in [3.63, 3.8) is 0 Å². The van der Waals surface area contributed by atoms with Gasteiger partial charge in [-0.25, -0.2) is 0 Å². The second-order valence-electron chi connectivity index (χ2n) is 8.47. The fourth-order valence-corrected chi connectivity index (χ4v) is 3.85. The SMILES string of the molecule is CN(C)c1ccc(CC(C)(C)CC(C)(C)c2ccc(Cl)cc2)cc1. The number of anilines is 1. The first-order valence-corrected chi connectivity index (χ1v) is 8.99. The molecule has 130 valence electrons. The van der Waals surface area contributed by atoms with Crippen LogP contribution >= 0.6 is 11.6 Å². The van der Waals surface area contributed by atoms with Gasteiger partial charge in [-0.15, -0.1) is 0 Å². The molecule has 0 aliphatic rings. The summed E-state index contributed by atoms with van der Waals surface area (Å²) in [4.78, 5) is 2.14.